The van der Waals surface area contributed by atoms with Crippen molar-refractivity contribution in [3.05, 3.63) is 214 Å². The number of nitrogens with one attached hydrogen (secondary N) is 1. The third kappa shape index (κ3) is 22.0. The number of nitrogens with zero attached hydrogens (tertiary/aromatic N) is 14. The molecule has 0 saturated carbocycles. The van der Waals surface area contributed by atoms with Crippen LogP contribution in [0.2, 0.25) is 13.3 Å². The summed E-state index contributed by atoms with van der Waals surface area (Å²) in [6.07, 6.45) is 28.3. The Labute approximate surface area is 765 Å². The number of ether oxygens (including phenoxy) is 6. The van der Waals surface area contributed by atoms with Gasteiger partial charge in [0.05, 0.1) is 67.4 Å². The summed E-state index contributed by atoms with van der Waals surface area (Å²) < 4.78 is 43.3. The maximum Gasteiger partial charge on any atom is 0.319 e. The Hall–Kier alpha value is -10.9. The van der Waals surface area contributed by atoms with Crippen LogP contribution >= 0.6 is 72.9 Å². The van der Waals surface area contributed by atoms with Gasteiger partial charge in [-0.15, -0.1) is 45.3 Å². The van der Waals surface area contributed by atoms with E-state index in [9.17, 15) is 28.8 Å². The first-order valence-electron chi connectivity index (χ1n) is 41.5. The summed E-state index contributed by atoms with van der Waals surface area (Å²) in [7, 11) is 12.0. The fourth-order valence-corrected chi connectivity index (χ4v) is 34.6. The van der Waals surface area contributed by atoms with Gasteiger partial charge in [-0.05, 0) is 127 Å². The first kappa shape index (κ1) is 94.3. The minimum absolute atomic E-state index is 0.0287. The van der Waals surface area contributed by atoms with Gasteiger partial charge in [0.15, 0.2) is 0 Å². The molecule has 27 nitrogen and oxygen atoms in total. The van der Waals surface area contributed by atoms with Gasteiger partial charge >= 0.3 is 158 Å². The van der Waals surface area contributed by atoms with Crippen LogP contribution in [0.3, 0.4) is 0 Å². The Morgan fingerprint density at radius 2 is 0.786 bits per heavy atom. The van der Waals surface area contributed by atoms with Gasteiger partial charge in [-0.25, -0.2) is 24.9 Å². The first-order chi connectivity index (χ1) is 61.3. The molecule has 126 heavy (non-hydrogen) atoms. The van der Waals surface area contributed by atoms with Gasteiger partial charge in [-0.1, -0.05) is 51.8 Å². The molecule has 13 aromatic heterocycles. The van der Waals surface area contributed by atoms with Crippen molar-refractivity contribution in [2.24, 2.45) is 0 Å². The quantitative estimate of drug-likeness (QED) is 0.0219. The van der Waals surface area contributed by atoms with E-state index < -0.39 is 47.9 Å². The van der Waals surface area contributed by atoms with Crippen LogP contribution in [-0.2, 0) is 74.1 Å². The predicted octanol–water partition coefficient (Wildman–Crippen LogP) is 17.5. The molecule has 13 aromatic rings. The first-order valence-corrected chi connectivity index (χ1v) is 54.0. The fourth-order valence-electron chi connectivity index (χ4n) is 15.3. The normalized spacial score (nSPS) is 13.3. The number of hydrogen-bond acceptors (Lipinski definition) is 25. The average Bonchev–Trinajstić information content (AvgIpc) is 1.59. The Morgan fingerprint density at radius 1 is 0.413 bits per heavy atom. The van der Waals surface area contributed by atoms with E-state index in [0.29, 0.717) is 39.7 Å². The van der Waals surface area contributed by atoms with Gasteiger partial charge in [-0.3, -0.25) is 43.9 Å². The number of amides is 6. The molecule has 0 aromatic carbocycles. The number of carbonyl (C=O) groups is 6. The van der Waals surface area contributed by atoms with E-state index in [1.54, 1.807) is 66.8 Å². The van der Waals surface area contributed by atoms with Crippen molar-refractivity contribution in [1.82, 2.24) is 73.7 Å². The van der Waals surface area contributed by atoms with Crippen molar-refractivity contribution in [2.75, 3.05) is 62.1 Å². The number of alkyl halides is 1. The van der Waals surface area contributed by atoms with E-state index in [1.165, 1.54) is 130 Å². The van der Waals surface area contributed by atoms with Crippen LogP contribution in [0.4, 0.5) is 0 Å². The molecule has 3 aliphatic heterocycles. The number of halogens is 2. The second-order valence-corrected chi connectivity index (χ2v) is 48.0. The molecule has 0 spiro atoms. The minimum atomic E-state index is -2.54. The van der Waals surface area contributed by atoms with Gasteiger partial charge in [0.1, 0.15) is 22.0 Å². The zero-order chi connectivity index (χ0) is 89.4. The van der Waals surface area contributed by atoms with Crippen LogP contribution in [0.15, 0.2) is 167 Å². The second-order valence-electron chi connectivity index (χ2n) is 29.6. The number of likely N-dealkylation sites (N-methyl/N-ethyl adjacent to an activating group) is 2. The number of rotatable bonds is 35. The fraction of sp³-hybridized carbons (Fsp3) is 0.337. The summed E-state index contributed by atoms with van der Waals surface area (Å²) in [5.74, 6) is -1.76. The van der Waals surface area contributed by atoms with Crippen molar-refractivity contribution in [3.63, 3.8) is 0 Å². The SMILES string of the molecule is BrCCc1cccs1.CCC[CH2][Sn]([CH2]CCC)([CH2]CCC)[c]1cc(OC)nc(OC)n1.CN1C(=O)C(Cl)=C(c2cn(CCCc3cccs3)c3ncccc23)C1=O.COc1ncc(C2=C(c3cn(CCCc4cccs4)c4ncccc34)C(=O)N(C)C2=O)c(OC)n1.COc1ncc(C2=C(c3cn(CCCc4cccs4)c4ncccc34)C(=O)NC2=O)c(OC)n1. The number of aromatic nitrogens is 12. The molecular formula is C92H101BrClN15O12S4Sn. The van der Waals surface area contributed by atoms with E-state index in [0.717, 1.165) is 113 Å². The molecule has 658 valence electrons. The molecule has 16 rings (SSSR count). The maximum atomic E-state index is 13.4. The maximum absolute atomic E-state index is 13.4. The number of methoxy groups -OCH3 is 6. The third-order valence-electron chi connectivity index (χ3n) is 21.7. The Bertz CT molecular complexity index is 6010. The van der Waals surface area contributed by atoms with Crippen molar-refractivity contribution in [2.45, 2.75) is 137 Å². The third-order valence-corrected chi connectivity index (χ3v) is 41.2. The van der Waals surface area contributed by atoms with Crippen molar-refractivity contribution in [3.8, 4) is 35.7 Å². The Morgan fingerprint density at radius 3 is 1.15 bits per heavy atom. The van der Waals surface area contributed by atoms with Crippen molar-refractivity contribution in [1.29, 1.82) is 0 Å². The van der Waals surface area contributed by atoms with Gasteiger partial charge in [0.2, 0.25) is 11.8 Å². The molecule has 3 aliphatic rings. The van der Waals surface area contributed by atoms with Crippen LogP contribution in [0, 0.1) is 0 Å². The number of pyridine rings is 3. The summed E-state index contributed by atoms with van der Waals surface area (Å²) in [4.78, 5) is 124. The summed E-state index contributed by atoms with van der Waals surface area (Å²) in [6.45, 7) is 9.08. The van der Waals surface area contributed by atoms with Crippen LogP contribution < -0.4 is 37.4 Å². The molecule has 0 fully saturated rings. The van der Waals surface area contributed by atoms with E-state index >= 15 is 0 Å². The molecule has 0 radical (unpaired) electrons. The number of unbranched alkanes of at least 4 members (excludes halogenated alkanes) is 3. The zero-order valence-electron chi connectivity index (χ0n) is 72.3. The summed E-state index contributed by atoms with van der Waals surface area (Å²) >= 11 is 14.1. The van der Waals surface area contributed by atoms with E-state index in [2.05, 4.69) is 152 Å². The van der Waals surface area contributed by atoms with E-state index in [4.69, 9.17) is 45.0 Å². The van der Waals surface area contributed by atoms with Crippen LogP contribution in [0.5, 0.6) is 35.7 Å². The van der Waals surface area contributed by atoms with Crippen molar-refractivity contribution >= 4 is 191 Å². The van der Waals surface area contributed by atoms with Gasteiger partial charge < -0.3 is 32.6 Å². The molecule has 1 N–H and O–H groups in total. The summed E-state index contributed by atoms with van der Waals surface area (Å²) in [5.41, 5.74) is 5.99. The van der Waals surface area contributed by atoms with E-state index in [-0.39, 0.29) is 62.6 Å². The molecule has 0 bridgehead atoms. The largest absolute Gasteiger partial charge is 0.480 e. The molecule has 34 heteroatoms. The predicted molar refractivity (Wildman–Crippen MR) is 504 cm³/mol. The van der Waals surface area contributed by atoms with Gasteiger partial charge in [0, 0.05) is 141 Å². The number of aryl methyl sites for hydroxylation is 7. The van der Waals surface area contributed by atoms with Gasteiger partial charge in [0.25, 0.3) is 35.4 Å². The molecule has 0 atom stereocenters. The monoisotopic (exact) mass is 1970 g/mol. The van der Waals surface area contributed by atoms with E-state index in [1.807, 2.05) is 86.1 Å². The number of thiophene rings is 4. The zero-order valence-corrected chi connectivity index (χ0v) is 80.7. The topological polar surface area (TPSA) is 307 Å². The molecular weight excluding hydrogens is 1870 g/mol. The minimum Gasteiger partial charge on any atom is -0.480 e. The summed E-state index contributed by atoms with van der Waals surface area (Å²) in [6, 6.07) is 30.7. The average molecular weight is 1970 g/mol. The molecule has 0 saturated heterocycles. The number of hydrogen-bond donors (Lipinski definition) is 1. The van der Waals surface area contributed by atoms with Crippen LogP contribution in [0.25, 0.3) is 61.0 Å². The summed E-state index contributed by atoms with van der Waals surface area (Å²) in [5, 5.41) is 14.2. The molecule has 0 unspecified atom stereocenters. The standard InChI is InChI=1S/C25H23N5O4S.C24H21N5O4S.C19H16ClN3O2S.C6H7BrS.C6H7N2O2.3C4H9.Sn/c1-29-23(31)19(17-13-27-25(34-3)28-22(17)33-2)20(24(29)32)18-14-30(21-16(18)9-4-10-26-21)11-5-7-15-8-6-12-35-15;1-32-23-16(12-26-24(28-23)33-2)18-19(22(31)27-21(18)30)17-13-29(20-15(17)8-3-9-25-20)10-4-6-14-7-5-11-34-14;1-22-18(24)15(16(20)19(22)25)14-11-23(17-13(14)7-2-8-21-17)9-3-5-12-6-4-10-26-12;7-4-3-6-2-1-5-8-6;1-9-5-3-4-7-6(8-5)10-2;3*1-3-4-2;/h4,6,8-10,12-14H,5,7,11H2,1-3H3;3,5,7-9,11-13H,4,6,10H2,1-2H3,(H,27,30,31);2,4,6-8,10-11H,3,5,9H2,1H3;1-2,5H,3-4H2;3H,1-2H3;3*1,3-4H2,2H3;. The number of fused-ring (bicyclic) bond motifs is 3. The van der Waals surface area contributed by atoms with Gasteiger partial charge in [-0.2, -0.15) is 9.97 Å². The van der Waals surface area contributed by atoms with Crippen molar-refractivity contribution < 1.29 is 57.2 Å². The molecule has 0 aliphatic carbocycles. The number of carbonyl (C=O) groups excluding carboxylic acids is 6. The molecule has 6 amide bonds. The Kier molecular flexibility index (Phi) is 34.0. The Balaban J connectivity index is 0.000000150. The van der Waals surface area contributed by atoms with Crippen LogP contribution in [0.1, 0.15) is 126 Å². The number of imide groups is 3. The molecule has 16 heterocycles. The second kappa shape index (κ2) is 45.5. The van der Waals surface area contributed by atoms with Crippen LogP contribution in [-0.4, -0.2) is 184 Å². The smallest absolute Gasteiger partial charge is 0.319 e.